The minimum absolute atomic E-state index is 0.166. The molecule has 1 aromatic carbocycles. The van der Waals surface area contributed by atoms with Gasteiger partial charge in [-0.2, -0.15) is 5.10 Å². The van der Waals surface area contributed by atoms with Crippen molar-refractivity contribution in [2.24, 2.45) is 11.8 Å². The van der Waals surface area contributed by atoms with E-state index >= 15 is 0 Å². The standard InChI is InChI=1S/C19H28N4O2/c1-13(2)10-22(11-14(3)4)12-23-19(25)16-9-7-6-8-15(16)17(21-23)18(24)20-5/h6-9,13-14H,10-12H2,1-5H3,(H,20,24). The van der Waals surface area contributed by atoms with Crippen LogP contribution in [0.1, 0.15) is 38.2 Å². The Kier molecular flexibility index (Phi) is 6.31. The Morgan fingerprint density at radius 3 is 2.20 bits per heavy atom. The number of nitrogens with one attached hydrogen (secondary N) is 1. The van der Waals surface area contributed by atoms with Crippen LogP contribution in [0.2, 0.25) is 0 Å². The predicted octanol–water partition coefficient (Wildman–Crippen LogP) is 2.33. The Hall–Kier alpha value is -2.21. The molecule has 0 saturated heterocycles. The van der Waals surface area contributed by atoms with Crippen LogP contribution in [0.5, 0.6) is 0 Å². The second-order valence-electron chi connectivity index (χ2n) is 7.24. The molecule has 0 fully saturated rings. The van der Waals surface area contributed by atoms with Gasteiger partial charge in [0.15, 0.2) is 5.69 Å². The largest absolute Gasteiger partial charge is 0.354 e. The number of hydrogen-bond acceptors (Lipinski definition) is 4. The van der Waals surface area contributed by atoms with Crippen LogP contribution < -0.4 is 10.9 Å². The first kappa shape index (κ1) is 19.1. The summed E-state index contributed by atoms with van der Waals surface area (Å²) in [4.78, 5) is 27.3. The molecule has 6 heteroatoms. The molecule has 136 valence electrons. The normalized spacial score (nSPS) is 11.7. The van der Waals surface area contributed by atoms with Gasteiger partial charge in [-0.25, -0.2) is 4.68 Å². The third-order valence-electron chi connectivity index (χ3n) is 3.89. The van der Waals surface area contributed by atoms with Crippen molar-refractivity contribution in [1.82, 2.24) is 20.0 Å². The molecule has 1 N–H and O–H groups in total. The van der Waals surface area contributed by atoms with E-state index in [9.17, 15) is 9.59 Å². The Morgan fingerprint density at radius 2 is 1.68 bits per heavy atom. The average Bonchev–Trinajstić information content (AvgIpc) is 2.55. The zero-order valence-electron chi connectivity index (χ0n) is 15.7. The van der Waals surface area contributed by atoms with Crippen molar-refractivity contribution >= 4 is 16.7 Å². The number of fused-ring (bicyclic) bond motifs is 1. The zero-order valence-corrected chi connectivity index (χ0v) is 15.7. The van der Waals surface area contributed by atoms with Gasteiger partial charge in [0.05, 0.1) is 12.1 Å². The van der Waals surface area contributed by atoms with Crippen molar-refractivity contribution in [3.05, 3.63) is 40.3 Å². The molecule has 1 heterocycles. The van der Waals surface area contributed by atoms with E-state index < -0.39 is 0 Å². The number of carbonyl (C=O) groups is 1. The van der Waals surface area contributed by atoms with Crippen molar-refractivity contribution in [1.29, 1.82) is 0 Å². The van der Waals surface area contributed by atoms with Crippen molar-refractivity contribution < 1.29 is 4.79 Å². The summed E-state index contributed by atoms with van der Waals surface area (Å²) in [5, 5.41) is 8.09. The van der Waals surface area contributed by atoms with E-state index in [-0.39, 0.29) is 17.2 Å². The van der Waals surface area contributed by atoms with Gasteiger partial charge < -0.3 is 5.32 Å². The number of aromatic nitrogens is 2. The van der Waals surface area contributed by atoms with Gasteiger partial charge in [-0.1, -0.05) is 45.9 Å². The topological polar surface area (TPSA) is 67.2 Å². The van der Waals surface area contributed by atoms with E-state index in [1.807, 2.05) is 12.1 Å². The quantitative estimate of drug-likeness (QED) is 0.837. The van der Waals surface area contributed by atoms with Crippen LogP contribution in [0.3, 0.4) is 0 Å². The lowest BCUT2D eigenvalue weighted by Gasteiger charge is -2.26. The minimum atomic E-state index is -0.288. The van der Waals surface area contributed by atoms with Gasteiger partial charge in [0.25, 0.3) is 11.5 Å². The molecule has 6 nitrogen and oxygen atoms in total. The lowest BCUT2D eigenvalue weighted by atomic mass is 10.1. The van der Waals surface area contributed by atoms with E-state index in [0.29, 0.717) is 29.3 Å². The van der Waals surface area contributed by atoms with Crippen molar-refractivity contribution in [3.8, 4) is 0 Å². The number of amides is 1. The Balaban J connectivity index is 2.51. The van der Waals surface area contributed by atoms with Gasteiger partial charge in [0.1, 0.15) is 0 Å². The van der Waals surface area contributed by atoms with Crippen LogP contribution in [0, 0.1) is 11.8 Å². The highest BCUT2D eigenvalue weighted by Crippen LogP contribution is 2.14. The summed E-state index contributed by atoms with van der Waals surface area (Å²) in [6.07, 6.45) is 0. The van der Waals surface area contributed by atoms with Crippen molar-refractivity contribution in [2.45, 2.75) is 34.4 Å². The third-order valence-corrected chi connectivity index (χ3v) is 3.89. The molecule has 1 aromatic heterocycles. The highest BCUT2D eigenvalue weighted by molar-refractivity contribution is 6.04. The summed E-state index contributed by atoms with van der Waals surface area (Å²) in [5.41, 5.74) is 0.118. The van der Waals surface area contributed by atoms with Gasteiger partial charge >= 0.3 is 0 Å². The lowest BCUT2D eigenvalue weighted by molar-refractivity contribution is 0.0954. The lowest BCUT2D eigenvalue weighted by Crippen LogP contribution is -2.39. The van der Waals surface area contributed by atoms with Crippen molar-refractivity contribution in [3.63, 3.8) is 0 Å². The SMILES string of the molecule is CNC(=O)c1nn(CN(CC(C)C)CC(C)C)c(=O)c2ccccc12. The van der Waals surface area contributed by atoms with Crippen LogP contribution >= 0.6 is 0 Å². The highest BCUT2D eigenvalue weighted by Gasteiger charge is 2.18. The fraction of sp³-hybridized carbons (Fsp3) is 0.526. The summed E-state index contributed by atoms with van der Waals surface area (Å²) >= 11 is 0. The summed E-state index contributed by atoms with van der Waals surface area (Å²) in [5.74, 6) is 0.672. The molecule has 0 atom stereocenters. The van der Waals surface area contributed by atoms with Gasteiger partial charge in [-0.15, -0.1) is 0 Å². The van der Waals surface area contributed by atoms with Crippen molar-refractivity contribution in [2.75, 3.05) is 20.1 Å². The first-order valence-corrected chi connectivity index (χ1v) is 8.77. The maximum Gasteiger partial charge on any atom is 0.275 e. The fourth-order valence-corrected chi connectivity index (χ4v) is 3.03. The number of carbonyl (C=O) groups excluding carboxylic acids is 1. The molecule has 0 spiro atoms. The summed E-state index contributed by atoms with van der Waals surface area (Å²) in [6.45, 7) is 10.7. The summed E-state index contributed by atoms with van der Waals surface area (Å²) in [6, 6.07) is 7.13. The fourth-order valence-electron chi connectivity index (χ4n) is 3.03. The second kappa shape index (κ2) is 8.25. The van der Waals surface area contributed by atoms with E-state index in [0.717, 1.165) is 13.1 Å². The van der Waals surface area contributed by atoms with Gasteiger partial charge in [0, 0.05) is 25.5 Å². The van der Waals surface area contributed by atoms with Crippen LogP contribution in [0.25, 0.3) is 10.8 Å². The van der Waals surface area contributed by atoms with Crippen LogP contribution in [-0.4, -0.2) is 40.7 Å². The van der Waals surface area contributed by atoms with E-state index in [1.165, 1.54) is 4.68 Å². The molecule has 25 heavy (non-hydrogen) atoms. The molecular weight excluding hydrogens is 316 g/mol. The number of nitrogens with zero attached hydrogens (tertiary/aromatic N) is 3. The first-order valence-electron chi connectivity index (χ1n) is 8.77. The smallest absolute Gasteiger partial charge is 0.275 e. The molecule has 0 aliphatic carbocycles. The van der Waals surface area contributed by atoms with Crippen LogP contribution in [0.4, 0.5) is 0 Å². The number of rotatable bonds is 7. The first-order chi connectivity index (χ1) is 11.8. The predicted molar refractivity (Wildman–Crippen MR) is 101 cm³/mol. The summed E-state index contributed by atoms with van der Waals surface area (Å²) < 4.78 is 1.41. The maximum atomic E-state index is 12.8. The minimum Gasteiger partial charge on any atom is -0.354 e. The third kappa shape index (κ3) is 4.66. The molecule has 0 aliphatic heterocycles. The Labute approximate surface area is 148 Å². The Morgan fingerprint density at radius 1 is 1.12 bits per heavy atom. The van der Waals surface area contributed by atoms with Crippen LogP contribution in [-0.2, 0) is 6.67 Å². The van der Waals surface area contributed by atoms with Gasteiger partial charge in [0.2, 0.25) is 0 Å². The Bertz CT molecular complexity index is 786. The monoisotopic (exact) mass is 344 g/mol. The molecule has 2 rings (SSSR count). The van der Waals surface area contributed by atoms with E-state index in [1.54, 1.807) is 19.2 Å². The molecule has 2 aromatic rings. The summed E-state index contributed by atoms with van der Waals surface area (Å²) in [7, 11) is 1.57. The highest BCUT2D eigenvalue weighted by atomic mass is 16.2. The molecule has 0 aliphatic rings. The molecule has 0 saturated carbocycles. The molecule has 0 unspecified atom stereocenters. The number of hydrogen-bond donors (Lipinski definition) is 1. The molecule has 0 radical (unpaired) electrons. The van der Waals surface area contributed by atoms with Crippen LogP contribution in [0.15, 0.2) is 29.1 Å². The van der Waals surface area contributed by atoms with E-state index in [4.69, 9.17) is 0 Å². The number of benzene rings is 1. The molecule has 0 bridgehead atoms. The molecular formula is C19H28N4O2. The average molecular weight is 344 g/mol. The van der Waals surface area contributed by atoms with E-state index in [2.05, 4.69) is 43.0 Å². The maximum absolute atomic E-state index is 12.8. The van der Waals surface area contributed by atoms with Gasteiger partial charge in [-0.05, 0) is 17.9 Å². The van der Waals surface area contributed by atoms with Gasteiger partial charge in [-0.3, -0.25) is 14.5 Å². The molecule has 1 amide bonds. The zero-order chi connectivity index (χ0) is 18.6. The second-order valence-corrected chi connectivity index (χ2v) is 7.24.